The largest absolute Gasteiger partial charge is 0.351 e. The standard InChI is InChI=1S/C26H49NO2/c1-21(2,3)15-16-23(7,8)17-25(11,12)20(29)27-26(13,14)18-24(9,10)19(28)22(4,5)6/h15-16H,17-18H2,1-14H3,(H,27,29)/b16-15+. The maximum absolute atomic E-state index is 13.2. The fraction of sp³-hybridized carbons (Fsp3) is 0.846. The van der Waals surface area contributed by atoms with E-state index in [-0.39, 0.29) is 22.5 Å². The molecule has 0 aromatic heterocycles. The van der Waals surface area contributed by atoms with Crippen molar-refractivity contribution < 1.29 is 9.59 Å². The number of nitrogens with one attached hydrogen (secondary N) is 1. The van der Waals surface area contributed by atoms with Crippen LogP contribution < -0.4 is 5.32 Å². The van der Waals surface area contributed by atoms with Crippen LogP contribution in [0.3, 0.4) is 0 Å². The van der Waals surface area contributed by atoms with E-state index < -0.39 is 21.8 Å². The fourth-order valence-electron chi connectivity index (χ4n) is 4.47. The first-order valence-electron chi connectivity index (χ1n) is 11.0. The molecule has 170 valence electrons. The van der Waals surface area contributed by atoms with E-state index in [1.165, 1.54) is 0 Å². The molecule has 0 aromatic carbocycles. The number of carbonyl (C=O) groups is 2. The molecule has 29 heavy (non-hydrogen) atoms. The highest BCUT2D eigenvalue weighted by Crippen LogP contribution is 2.38. The summed E-state index contributed by atoms with van der Waals surface area (Å²) in [6.07, 6.45) is 5.81. The van der Waals surface area contributed by atoms with Gasteiger partial charge in [0, 0.05) is 21.8 Å². The second kappa shape index (κ2) is 8.55. The van der Waals surface area contributed by atoms with Crippen molar-refractivity contribution in [3.63, 3.8) is 0 Å². The lowest BCUT2D eigenvalue weighted by molar-refractivity contribution is -0.138. The van der Waals surface area contributed by atoms with Crippen LogP contribution in [0.25, 0.3) is 0 Å². The summed E-state index contributed by atoms with van der Waals surface area (Å²) in [6.45, 7) is 28.8. The van der Waals surface area contributed by atoms with Gasteiger partial charge in [-0.15, -0.1) is 0 Å². The summed E-state index contributed by atoms with van der Waals surface area (Å²) in [5.74, 6) is 0.263. The highest BCUT2D eigenvalue weighted by molar-refractivity contribution is 5.89. The smallest absolute Gasteiger partial charge is 0.226 e. The van der Waals surface area contributed by atoms with Gasteiger partial charge < -0.3 is 5.32 Å². The zero-order valence-corrected chi connectivity index (χ0v) is 21.9. The molecular formula is C26H49NO2. The van der Waals surface area contributed by atoms with Crippen LogP contribution in [0.2, 0.25) is 0 Å². The zero-order chi connectivity index (χ0) is 23.7. The summed E-state index contributed by atoms with van der Waals surface area (Å²) in [5.41, 5.74) is -1.85. The maximum Gasteiger partial charge on any atom is 0.226 e. The van der Waals surface area contributed by atoms with Gasteiger partial charge >= 0.3 is 0 Å². The van der Waals surface area contributed by atoms with Gasteiger partial charge in [0.1, 0.15) is 5.78 Å². The number of hydrogen-bond acceptors (Lipinski definition) is 2. The van der Waals surface area contributed by atoms with E-state index in [2.05, 4.69) is 52.1 Å². The van der Waals surface area contributed by atoms with Gasteiger partial charge in [-0.05, 0) is 37.5 Å². The molecule has 3 heteroatoms. The molecule has 0 saturated heterocycles. The Morgan fingerprint density at radius 3 is 1.48 bits per heavy atom. The van der Waals surface area contributed by atoms with Gasteiger partial charge in [-0.25, -0.2) is 0 Å². The van der Waals surface area contributed by atoms with Gasteiger partial charge in [-0.1, -0.05) is 95.2 Å². The van der Waals surface area contributed by atoms with E-state index in [0.717, 1.165) is 6.42 Å². The predicted octanol–water partition coefficient (Wildman–Crippen LogP) is 6.96. The van der Waals surface area contributed by atoms with E-state index in [9.17, 15) is 9.59 Å². The molecule has 0 spiro atoms. The van der Waals surface area contributed by atoms with Crippen molar-refractivity contribution in [1.82, 2.24) is 5.32 Å². The molecule has 0 aliphatic rings. The summed E-state index contributed by atoms with van der Waals surface area (Å²) >= 11 is 0. The summed E-state index contributed by atoms with van der Waals surface area (Å²) in [7, 11) is 0. The van der Waals surface area contributed by atoms with Gasteiger partial charge in [0.15, 0.2) is 0 Å². The average molecular weight is 408 g/mol. The quantitative estimate of drug-likeness (QED) is 0.442. The lowest BCUT2D eigenvalue weighted by atomic mass is 9.69. The third-order valence-corrected chi connectivity index (χ3v) is 5.18. The molecule has 0 saturated carbocycles. The average Bonchev–Trinajstić information content (AvgIpc) is 2.39. The van der Waals surface area contributed by atoms with Crippen molar-refractivity contribution in [3.05, 3.63) is 12.2 Å². The topological polar surface area (TPSA) is 46.2 Å². The van der Waals surface area contributed by atoms with E-state index in [1.807, 2.05) is 62.3 Å². The molecule has 0 bridgehead atoms. The Balaban J connectivity index is 5.33. The molecule has 1 amide bonds. The van der Waals surface area contributed by atoms with Crippen molar-refractivity contribution in [2.45, 2.75) is 115 Å². The molecule has 3 nitrogen and oxygen atoms in total. The lowest BCUT2D eigenvalue weighted by Crippen LogP contribution is -2.53. The molecular weight excluding hydrogens is 358 g/mol. The first kappa shape index (κ1) is 27.9. The van der Waals surface area contributed by atoms with Crippen LogP contribution in [0.4, 0.5) is 0 Å². The Kier molecular flexibility index (Phi) is 8.22. The number of ketones is 1. The molecule has 0 heterocycles. The lowest BCUT2D eigenvalue weighted by Gasteiger charge is -2.40. The highest BCUT2D eigenvalue weighted by Gasteiger charge is 2.42. The van der Waals surface area contributed by atoms with Gasteiger partial charge in [-0.2, -0.15) is 0 Å². The van der Waals surface area contributed by atoms with Crippen LogP contribution in [-0.2, 0) is 9.59 Å². The first-order valence-corrected chi connectivity index (χ1v) is 11.0. The van der Waals surface area contributed by atoms with Crippen molar-refractivity contribution >= 4 is 11.7 Å². The summed E-state index contributed by atoms with van der Waals surface area (Å²) in [5, 5.41) is 3.24. The van der Waals surface area contributed by atoms with Gasteiger partial charge in [0.2, 0.25) is 5.91 Å². The monoisotopic (exact) mass is 407 g/mol. The second-order valence-electron chi connectivity index (χ2n) is 13.7. The fourth-order valence-corrected chi connectivity index (χ4v) is 4.47. The second-order valence-corrected chi connectivity index (χ2v) is 13.7. The van der Waals surface area contributed by atoms with E-state index in [0.29, 0.717) is 6.42 Å². The van der Waals surface area contributed by atoms with Gasteiger partial charge in [0.05, 0.1) is 0 Å². The van der Waals surface area contributed by atoms with Crippen LogP contribution in [-0.4, -0.2) is 17.2 Å². The zero-order valence-electron chi connectivity index (χ0n) is 21.9. The Hall–Kier alpha value is -1.12. The van der Waals surface area contributed by atoms with Crippen LogP contribution in [0.15, 0.2) is 12.2 Å². The number of hydrogen-bond donors (Lipinski definition) is 1. The highest BCUT2D eigenvalue weighted by atomic mass is 16.2. The predicted molar refractivity (Wildman–Crippen MR) is 126 cm³/mol. The third-order valence-electron chi connectivity index (χ3n) is 5.18. The Morgan fingerprint density at radius 2 is 1.10 bits per heavy atom. The minimum atomic E-state index is -0.513. The van der Waals surface area contributed by atoms with Crippen LogP contribution in [0.1, 0.15) is 110 Å². The summed E-state index contributed by atoms with van der Waals surface area (Å²) in [4.78, 5) is 26.1. The van der Waals surface area contributed by atoms with Crippen LogP contribution >= 0.6 is 0 Å². The Labute approximate surface area is 181 Å². The molecule has 0 rings (SSSR count). The first-order chi connectivity index (χ1) is 12.4. The van der Waals surface area contributed by atoms with E-state index in [4.69, 9.17) is 0 Å². The number of allylic oxidation sites excluding steroid dienone is 2. The minimum absolute atomic E-state index is 0.0405. The Bertz CT molecular complexity index is 620. The maximum atomic E-state index is 13.2. The summed E-state index contributed by atoms with van der Waals surface area (Å²) < 4.78 is 0. The normalized spacial score (nSPS) is 15.0. The van der Waals surface area contributed by atoms with Gasteiger partial charge in [0.25, 0.3) is 0 Å². The van der Waals surface area contributed by atoms with Crippen molar-refractivity contribution in [2.24, 2.45) is 27.1 Å². The molecule has 1 N–H and O–H groups in total. The van der Waals surface area contributed by atoms with Crippen LogP contribution in [0, 0.1) is 27.1 Å². The van der Waals surface area contributed by atoms with Crippen molar-refractivity contribution in [1.29, 1.82) is 0 Å². The molecule has 0 fully saturated rings. The number of amides is 1. The number of rotatable bonds is 8. The molecule has 0 aromatic rings. The van der Waals surface area contributed by atoms with Crippen LogP contribution in [0.5, 0.6) is 0 Å². The molecule has 0 aliphatic heterocycles. The SMILES string of the molecule is CC(C)(C)/C=C/C(C)(C)CC(C)(C)C(=O)NC(C)(C)CC(C)(C)C(=O)C(C)(C)C. The van der Waals surface area contributed by atoms with Crippen molar-refractivity contribution in [2.75, 3.05) is 0 Å². The molecule has 0 atom stereocenters. The van der Waals surface area contributed by atoms with E-state index >= 15 is 0 Å². The molecule has 0 radical (unpaired) electrons. The van der Waals surface area contributed by atoms with Crippen molar-refractivity contribution in [3.8, 4) is 0 Å². The molecule has 0 unspecified atom stereocenters. The number of Topliss-reactive ketones (excluding diaryl/α,β-unsaturated/α-hetero) is 1. The summed E-state index contributed by atoms with van der Waals surface area (Å²) in [6, 6.07) is 0. The number of carbonyl (C=O) groups excluding carboxylic acids is 2. The van der Waals surface area contributed by atoms with E-state index in [1.54, 1.807) is 0 Å². The minimum Gasteiger partial charge on any atom is -0.351 e. The molecule has 0 aliphatic carbocycles. The Morgan fingerprint density at radius 1 is 0.655 bits per heavy atom. The van der Waals surface area contributed by atoms with Gasteiger partial charge in [-0.3, -0.25) is 9.59 Å². The third kappa shape index (κ3) is 9.96.